The van der Waals surface area contributed by atoms with Gasteiger partial charge >= 0.3 is 0 Å². The molecule has 0 bridgehead atoms. The highest BCUT2D eigenvalue weighted by Gasteiger charge is 2.28. The van der Waals surface area contributed by atoms with Gasteiger partial charge in [0, 0.05) is 30.4 Å². The molecule has 0 aliphatic heterocycles. The summed E-state index contributed by atoms with van der Waals surface area (Å²) >= 11 is 5.98. The zero-order valence-corrected chi connectivity index (χ0v) is 19.0. The van der Waals surface area contributed by atoms with Gasteiger partial charge in [0.05, 0.1) is 12.2 Å². The second-order valence-corrected chi connectivity index (χ2v) is 9.84. The molecule has 8 nitrogen and oxygen atoms in total. The lowest BCUT2D eigenvalue weighted by atomic mass is 10.2. The van der Waals surface area contributed by atoms with Gasteiger partial charge in [-0.15, -0.1) is 0 Å². The molecule has 1 N–H and O–H groups in total. The summed E-state index contributed by atoms with van der Waals surface area (Å²) in [5, 5.41) is 7.43. The minimum absolute atomic E-state index is 0.0657. The molecule has 0 unspecified atom stereocenters. The van der Waals surface area contributed by atoms with Crippen molar-refractivity contribution in [1.82, 2.24) is 15.1 Å². The largest absolute Gasteiger partial charge is 0.484 e. The molecule has 3 aromatic rings. The highest BCUT2D eigenvalue weighted by Crippen LogP contribution is 2.29. The number of anilines is 1. The van der Waals surface area contributed by atoms with Crippen molar-refractivity contribution in [2.45, 2.75) is 30.5 Å². The van der Waals surface area contributed by atoms with Crippen molar-refractivity contribution >= 4 is 33.2 Å². The van der Waals surface area contributed by atoms with Gasteiger partial charge in [-0.2, -0.15) is 13.5 Å². The lowest BCUT2D eigenvalue weighted by Crippen LogP contribution is -2.31. The number of sulfonamides is 1. The molecule has 1 amide bonds. The van der Waals surface area contributed by atoms with Crippen molar-refractivity contribution in [1.29, 1.82) is 0 Å². The molecule has 0 spiro atoms. The van der Waals surface area contributed by atoms with E-state index >= 15 is 0 Å². The van der Waals surface area contributed by atoms with Crippen LogP contribution in [0.2, 0.25) is 5.02 Å². The van der Waals surface area contributed by atoms with Gasteiger partial charge in [-0.05, 0) is 48.7 Å². The molecule has 32 heavy (non-hydrogen) atoms. The zero-order chi connectivity index (χ0) is 22.7. The molecule has 168 valence electrons. The fourth-order valence-electron chi connectivity index (χ4n) is 3.09. The lowest BCUT2D eigenvalue weighted by molar-refractivity contribution is -0.123. The van der Waals surface area contributed by atoms with Gasteiger partial charge in [-0.3, -0.25) is 13.8 Å². The van der Waals surface area contributed by atoms with E-state index in [2.05, 4.69) is 10.4 Å². The molecular weight excluding hydrogens is 452 g/mol. The van der Waals surface area contributed by atoms with E-state index in [-0.39, 0.29) is 30.1 Å². The third-order valence-electron chi connectivity index (χ3n) is 4.90. The number of aromatic nitrogens is 2. The maximum absolute atomic E-state index is 13.4. The molecule has 4 rings (SSSR count). The number of hydrogen-bond donors (Lipinski definition) is 1. The molecular formula is C22H23ClN4O4S. The summed E-state index contributed by atoms with van der Waals surface area (Å²) < 4.78 is 35.2. The van der Waals surface area contributed by atoms with Gasteiger partial charge in [0.1, 0.15) is 5.75 Å². The van der Waals surface area contributed by atoms with Crippen molar-refractivity contribution in [3.05, 3.63) is 71.4 Å². The van der Waals surface area contributed by atoms with Gasteiger partial charge in [0.2, 0.25) is 0 Å². The predicted molar refractivity (Wildman–Crippen MR) is 121 cm³/mol. The second kappa shape index (κ2) is 9.22. The first kappa shape index (κ1) is 22.2. The topological polar surface area (TPSA) is 93.5 Å². The van der Waals surface area contributed by atoms with Gasteiger partial charge in [-0.1, -0.05) is 29.8 Å². The standard InChI is InChI=1S/C22H23ClN4O4S/c1-26-12-11-22(25-26)32(29,30)27(14-16-5-7-17(23)8-6-16)19-3-2-4-20(13-19)31-15-21(28)24-18-9-10-18/h2-8,11-13,18H,9-10,14-15H2,1H3,(H,24,28). The van der Waals surface area contributed by atoms with E-state index < -0.39 is 10.0 Å². The molecule has 10 heteroatoms. The Hall–Kier alpha value is -3.04. The molecule has 1 saturated carbocycles. The van der Waals surface area contributed by atoms with Gasteiger partial charge in [-0.25, -0.2) is 0 Å². The minimum atomic E-state index is -3.96. The van der Waals surface area contributed by atoms with Gasteiger partial charge in [0.25, 0.3) is 15.9 Å². The second-order valence-electron chi connectivity index (χ2n) is 7.59. The van der Waals surface area contributed by atoms with Gasteiger partial charge in [0.15, 0.2) is 11.6 Å². The monoisotopic (exact) mass is 474 g/mol. The van der Waals surface area contributed by atoms with Crippen LogP contribution in [-0.2, 0) is 28.4 Å². The summed E-state index contributed by atoms with van der Waals surface area (Å²) in [5.74, 6) is 0.197. The summed E-state index contributed by atoms with van der Waals surface area (Å²) in [6.07, 6.45) is 3.56. The zero-order valence-electron chi connectivity index (χ0n) is 17.4. The SMILES string of the molecule is Cn1ccc(S(=O)(=O)N(Cc2ccc(Cl)cc2)c2cccc(OCC(=O)NC3CC3)c2)n1. The number of carbonyl (C=O) groups is 1. The summed E-state index contributed by atoms with van der Waals surface area (Å²) in [6.45, 7) is -0.0637. The first-order valence-corrected chi connectivity index (χ1v) is 11.9. The Labute approximate surface area is 191 Å². The van der Waals surface area contributed by atoms with Crippen LogP contribution < -0.4 is 14.4 Å². The number of ether oxygens (including phenoxy) is 1. The summed E-state index contributed by atoms with van der Waals surface area (Å²) in [6, 6.07) is 15.3. The molecule has 0 radical (unpaired) electrons. The van der Waals surface area contributed by atoms with E-state index in [0.717, 1.165) is 18.4 Å². The molecule has 1 fully saturated rings. The average Bonchev–Trinajstić information content (AvgIpc) is 3.47. The van der Waals surface area contributed by atoms with Gasteiger partial charge < -0.3 is 10.1 Å². The fraction of sp³-hybridized carbons (Fsp3) is 0.273. The van der Waals surface area contributed by atoms with Crippen LogP contribution in [0, 0.1) is 0 Å². The highest BCUT2D eigenvalue weighted by atomic mass is 35.5. The Morgan fingerprint density at radius 1 is 1.22 bits per heavy atom. The maximum Gasteiger partial charge on any atom is 0.283 e. The average molecular weight is 475 g/mol. The van der Waals surface area contributed by atoms with Crippen molar-refractivity contribution in [2.24, 2.45) is 7.05 Å². The molecule has 0 atom stereocenters. The smallest absolute Gasteiger partial charge is 0.283 e. The summed E-state index contributed by atoms with van der Waals surface area (Å²) in [5.41, 5.74) is 1.15. The summed E-state index contributed by atoms with van der Waals surface area (Å²) in [4.78, 5) is 11.9. The van der Waals surface area contributed by atoms with E-state index in [9.17, 15) is 13.2 Å². The Bertz CT molecular complexity index is 1210. The highest BCUT2D eigenvalue weighted by molar-refractivity contribution is 7.92. The van der Waals surface area contributed by atoms with E-state index in [0.29, 0.717) is 16.5 Å². The number of amides is 1. The summed E-state index contributed by atoms with van der Waals surface area (Å²) in [7, 11) is -2.31. The van der Waals surface area contributed by atoms with Crippen molar-refractivity contribution < 1.29 is 17.9 Å². The van der Waals surface area contributed by atoms with Crippen LogP contribution in [0.4, 0.5) is 5.69 Å². The Morgan fingerprint density at radius 2 is 1.97 bits per heavy atom. The normalized spacial score (nSPS) is 13.6. The Balaban J connectivity index is 1.61. The molecule has 1 aliphatic carbocycles. The van der Waals surface area contributed by atoms with Crippen LogP contribution in [0.15, 0.2) is 65.8 Å². The molecule has 1 aliphatic rings. The van der Waals surface area contributed by atoms with Crippen LogP contribution in [-0.4, -0.2) is 36.8 Å². The van der Waals surface area contributed by atoms with Crippen LogP contribution in [0.25, 0.3) is 0 Å². The van der Waals surface area contributed by atoms with E-state index in [1.807, 2.05) is 0 Å². The quantitative estimate of drug-likeness (QED) is 0.514. The minimum Gasteiger partial charge on any atom is -0.484 e. The third-order valence-corrected chi connectivity index (χ3v) is 6.82. The lowest BCUT2D eigenvalue weighted by Gasteiger charge is -2.24. The number of benzene rings is 2. The number of rotatable bonds is 9. The maximum atomic E-state index is 13.4. The molecule has 0 saturated heterocycles. The first-order chi connectivity index (χ1) is 15.3. The third kappa shape index (κ3) is 5.41. The Morgan fingerprint density at radius 3 is 2.62 bits per heavy atom. The first-order valence-electron chi connectivity index (χ1n) is 10.1. The number of nitrogens with zero attached hydrogens (tertiary/aromatic N) is 3. The van der Waals surface area contributed by atoms with Crippen LogP contribution in [0.5, 0.6) is 5.75 Å². The number of halogens is 1. The Kier molecular flexibility index (Phi) is 6.38. The predicted octanol–water partition coefficient (Wildman–Crippen LogP) is 3.13. The van der Waals surface area contributed by atoms with Crippen molar-refractivity contribution in [3.8, 4) is 5.75 Å². The van der Waals surface area contributed by atoms with E-state index in [1.54, 1.807) is 61.8 Å². The van der Waals surface area contributed by atoms with Crippen LogP contribution in [0.3, 0.4) is 0 Å². The number of nitrogens with one attached hydrogen (secondary N) is 1. The fourth-order valence-corrected chi connectivity index (χ4v) is 4.62. The van der Waals surface area contributed by atoms with Crippen molar-refractivity contribution in [3.63, 3.8) is 0 Å². The van der Waals surface area contributed by atoms with E-state index in [4.69, 9.17) is 16.3 Å². The number of aryl methyl sites for hydroxylation is 1. The van der Waals surface area contributed by atoms with Crippen LogP contribution in [0.1, 0.15) is 18.4 Å². The molecule has 1 heterocycles. The number of hydrogen-bond acceptors (Lipinski definition) is 5. The van der Waals surface area contributed by atoms with E-state index in [1.165, 1.54) is 15.1 Å². The van der Waals surface area contributed by atoms with Crippen LogP contribution >= 0.6 is 11.6 Å². The number of carbonyl (C=O) groups excluding carboxylic acids is 1. The van der Waals surface area contributed by atoms with Crippen molar-refractivity contribution in [2.75, 3.05) is 10.9 Å². The molecule has 2 aromatic carbocycles. The molecule has 1 aromatic heterocycles.